The van der Waals surface area contributed by atoms with Crippen molar-refractivity contribution in [1.82, 2.24) is 10.2 Å². The van der Waals surface area contributed by atoms with Gasteiger partial charge in [-0.2, -0.15) is 0 Å². The van der Waals surface area contributed by atoms with Gasteiger partial charge in [0, 0.05) is 25.6 Å². The standard InChI is InChI=1S/C18H24F2N2O2/c19-18(20)5-6-22(11-18)9-16-17(23)15(10-24-16)21-14-7-12-3-1-2-4-13(12)8-14/h1-4,14-17,21,23H,5-11H2/t15-,16-,17+/m0/s1. The Morgan fingerprint density at radius 3 is 2.58 bits per heavy atom. The molecule has 3 atom stereocenters. The summed E-state index contributed by atoms with van der Waals surface area (Å²) in [6, 6.07) is 8.58. The van der Waals surface area contributed by atoms with Gasteiger partial charge in [0.2, 0.25) is 0 Å². The van der Waals surface area contributed by atoms with Crippen LogP contribution in [0.3, 0.4) is 0 Å². The van der Waals surface area contributed by atoms with Crippen molar-refractivity contribution in [2.45, 2.75) is 49.5 Å². The molecule has 2 N–H and O–H groups in total. The van der Waals surface area contributed by atoms with Gasteiger partial charge in [0.25, 0.3) is 5.92 Å². The molecule has 4 rings (SSSR count). The Hall–Kier alpha value is -1.08. The van der Waals surface area contributed by atoms with Gasteiger partial charge in [0.1, 0.15) is 0 Å². The van der Waals surface area contributed by atoms with Gasteiger partial charge in [0.15, 0.2) is 0 Å². The number of rotatable bonds is 4. The second-order valence-corrected chi connectivity index (χ2v) is 7.35. The number of ether oxygens (including phenoxy) is 1. The molecular formula is C18H24F2N2O2. The van der Waals surface area contributed by atoms with E-state index < -0.39 is 12.0 Å². The van der Waals surface area contributed by atoms with Crippen molar-refractivity contribution in [3.8, 4) is 0 Å². The van der Waals surface area contributed by atoms with Crippen LogP contribution in [0.25, 0.3) is 0 Å². The van der Waals surface area contributed by atoms with Crippen molar-refractivity contribution in [3.63, 3.8) is 0 Å². The molecule has 2 aliphatic heterocycles. The number of alkyl halides is 2. The van der Waals surface area contributed by atoms with E-state index in [9.17, 15) is 13.9 Å². The molecule has 0 spiro atoms. The third-order valence-corrected chi connectivity index (χ3v) is 5.47. The quantitative estimate of drug-likeness (QED) is 0.866. The molecule has 0 saturated carbocycles. The topological polar surface area (TPSA) is 44.7 Å². The number of halogens is 2. The van der Waals surface area contributed by atoms with Crippen molar-refractivity contribution in [2.24, 2.45) is 0 Å². The molecule has 6 heteroatoms. The van der Waals surface area contributed by atoms with Gasteiger partial charge in [-0.25, -0.2) is 8.78 Å². The lowest BCUT2D eigenvalue weighted by atomic mass is 10.1. The molecule has 0 radical (unpaired) electrons. The lowest BCUT2D eigenvalue weighted by Crippen LogP contribution is -2.48. The molecule has 0 amide bonds. The molecule has 3 aliphatic rings. The summed E-state index contributed by atoms with van der Waals surface area (Å²) in [5.41, 5.74) is 2.72. The van der Waals surface area contributed by atoms with E-state index in [0.29, 0.717) is 25.7 Å². The molecule has 24 heavy (non-hydrogen) atoms. The molecule has 132 valence electrons. The summed E-state index contributed by atoms with van der Waals surface area (Å²) in [5.74, 6) is -2.60. The van der Waals surface area contributed by atoms with Crippen molar-refractivity contribution >= 4 is 0 Å². The number of aliphatic hydroxyl groups excluding tert-OH is 1. The Morgan fingerprint density at radius 2 is 1.96 bits per heavy atom. The van der Waals surface area contributed by atoms with E-state index in [1.807, 2.05) is 0 Å². The van der Waals surface area contributed by atoms with Crippen LogP contribution in [0, 0.1) is 0 Å². The number of aliphatic hydroxyl groups is 1. The second-order valence-electron chi connectivity index (χ2n) is 7.35. The minimum absolute atomic E-state index is 0.0994. The largest absolute Gasteiger partial charge is 0.389 e. The van der Waals surface area contributed by atoms with E-state index in [0.717, 1.165) is 12.8 Å². The lowest BCUT2D eigenvalue weighted by Gasteiger charge is -2.24. The molecule has 2 saturated heterocycles. The summed E-state index contributed by atoms with van der Waals surface area (Å²) in [4.78, 5) is 1.70. The molecule has 4 nitrogen and oxygen atoms in total. The molecule has 0 bridgehead atoms. The zero-order chi connectivity index (χ0) is 16.7. The maximum atomic E-state index is 13.3. The smallest absolute Gasteiger partial charge is 0.261 e. The summed E-state index contributed by atoms with van der Waals surface area (Å²) in [6.07, 6.45) is 0.783. The van der Waals surface area contributed by atoms with Gasteiger partial charge in [-0.15, -0.1) is 0 Å². The predicted molar refractivity (Wildman–Crippen MR) is 86.3 cm³/mol. The predicted octanol–water partition coefficient (Wildman–Crippen LogP) is 1.21. The first-order valence-corrected chi connectivity index (χ1v) is 8.73. The fourth-order valence-electron chi connectivity index (χ4n) is 4.19. The highest BCUT2D eigenvalue weighted by molar-refractivity contribution is 5.33. The van der Waals surface area contributed by atoms with Crippen LogP contribution >= 0.6 is 0 Å². The molecule has 1 aliphatic carbocycles. The van der Waals surface area contributed by atoms with Crippen LogP contribution in [0.4, 0.5) is 8.78 Å². The van der Waals surface area contributed by atoms with Crippen LogP contribution in [0.2, 0.25) is 0 Å². The van der Waals surface area contributed by atoms with E-state index in [2.05, 4.69) is 29.6 Å². The Labute approximate surface area is 140 Å². The number of likely N-dealkylation sites (tertiary alicyclic amines) is 1. The first-order chi connectivity index (χ1) is 11.5. The van der Waals surface area contributed by atoms with Crippen LogP contribution in [0.15, 0.2) is 24.3 Å². The van der Waals surface area contributed by atoms with Crippen molar-refractivity contribution in [1.29, 1.82) is 0 Å². The molecule has 2 heterocycles. The van der Waals surface area contributed by atoms with E-state index in [-0.39, 0.29) is 25.1 Å². The van der Waals surface area contributed by atoms with Crippen LogP contribution in [0.5, 0.6) is 0 Å². The van der Waals surface area contributed by atoms with Crippen LogP contribution in [-0.4, -0.2) is 66.5 Å². The molecular weight excluding hydrogens is 314 g/mol. The van der Waals surface area contributed by atoms with Crippen molar-refractivity contribution in [2.75, 3.05) is 26.2 Å². The fourth-order valence-corrected chi connectivity index (χ4v) is 4.19. The van der Waals surface area contributed by atoms with Crippen LogP contribution in [0.1, 0.15) is 17.5 Å². The summed E-state index contributed by atoms with van der Waals surface area (Å²) in [7, 11) is 0. The monoisotopic (exact) mass is 338 g/mol. The Kier molecular flexibility index (Phi) is 4.33. The molecule has 2 fully saturated rings. The highest BCUT2D eigenvalue weighted by Crippen LogP contribution is 2.29. The average Bonchev–Trinajstić information content (AvgIpc) is 3.20. The fraction of sp³-hybridized carbons (Fsp3) is 0.667. The Morgan fingerprint density at radius 1 is 1.25 bits per heavy atom. The summed E-state index contributed by atoms with van der Waals surface area (Å²) < 4.78 is 32.3. The number of benzene rings is 1. The maximum absolute atomic E-state index is 13.3. The number of hydrogen-bond acceptors (Lipinski definition) is 4. The van der Waals surface area contributed by atoms with Gasteiger partial charge in [-0.3, -0.25) is 4.90 Å². The minimum Gasteiger partial charge on any atom is -0.389 e. The first-order valence-electron chi connectivity index (χ1n) is 8.73. The second kappa shape index (κ2) is 6.33. The Balaban J connectivity index is 1.29. The lowest BCUT2D eigenvalue weighted by molar-refractivity contribution is -0.00745. The van der Waals surface area contributed by atoms with E-state index in [1.54, 1.807) is 4.90 Å². The van der Waals surface area contributed by atoms with Crippen LogP contribution < -0.4 is 5.32 Å². The summed E-state index contributed by atoms with van der Waals surface area (Å²) in [5, 5.41) is 14.0. The van der Waals surface area contributed by atoms with Gasteiger partial charge < -0.3 is 15.2 Å². The number of hydrogen-bond donors (Lipinski definition) is 2. The number of nitrogens with zero attached hydrogens (tertiary/aromatic N) is 1. The molecule has 1 aromatic carbocycles. The number of nitrogens with one attached hydrogen (secondary N) is 1. The zero-order valence-corrected chi connectivity index (χ0v) is 13.6. The average molecular weight is 338 g/mol. The molecule has 1 aromatic rings. The Bertz CT molecular complexity index is 573. The van der Waals surface area contributed by atoms with Gasteiger partial charge in [-0.05, 0) is 24.0 Å². The van der Waals surface area contributed by atoms with Crippen molar-refractivity contribution < 1.29 is 18.6 Å². The summed E-state index contributed by atoms with van der Waals surface area (Å²) in [6.45, 7) is 0.952. The normalized spacial score (nSPS) is 33.2. The van der Waals surface area contributed by atoms with E-state index in [4.69, 9.17) is 4.74 Å². The van der Waals surface area contributed by atoms with E-state index >= 15 is 0 Å². The van der Waals surface area contributed by atoms with E-state index in [1.165, 1.54) is 11.1 Å². The third-order valence-electron chi connectivity index (χ3n) is 5.47. The van der Waals surface area contributed by atoms with Crippen molar-refractivity contribution in [3.05, 3.63) is 35.4 Å². The number of fused-ring (bicyclic) bond motifs is 1. The highest BCUT2D eigenvalue weighted by atomic mass is 19.3. The van der Waals surface area contributed by atoms with Gasteiger partial charge >= 0.3 is 0 Å². The zero-order valence-electron chi connectivity index (χ0n) is 13.6. The van der Waals surface area contributed by atoms with Crippen LogP contribution in [-0.2, 0) is 17.6 Å². The first kappa shape index (κ1) is 16.4. The van der Waals surface area contributed by atoms with Gasteiger partial charge in [-0.1, -0.05) is 24.3 Å². The summed E-state index contributed by atoms with van der Waals surface area (Å²) >= 11 is 0. The maximum Gasteiger partial charge on any atom is 0.261 e. The SMILES string of the molecule is O[C@@H]1[C@@H](NC2Cc3ccccc3C2)CO[C@H]1CN1CCC(F)(F)C1. The highest BCUT2D eigenvalue weighted by Gasteiger charge is 2.43. The molecule has 0 aromatic heterocycles. The van der Waals surface area contributed by atoms with Gasteiger partial charge in [0.05, 0.1) is 31.4 Å². The third kappa shape index (κ3) is 3.33. The minimum atomic E-state index is -2.60. The molecule has 0 unspecified atom stereocenters.